The average molecular weight is 412 g/mol. The van der Waals surface area contributed by atoms with Gasteiger partial charge < -0.3 is 21.3 Å². The van der Waals surface area contributed by atoms with Crippen LogP contribution in [-0.4, -0.2) is 35.0 Å². The summed E-state index contributed by atoms with van der Waals surface area (Å²) in [5.74, 6) is 0.116. The van der Waals surface area contributed by atoms with Gasteiger partial charge in [0.05, 0.1) is 12.2 Å². The predicted molar refractivity (Wildman–Crippen MR) is 112 cm³/mol. The highest BCUT2D eigenvalue weighted by Gasteiger charge is 2.18. The highest BCUT2D eigenvalue weighted by molar-refractivity contribution is 7.15. The lowest BCUT2D eigenvalue weighted by molar-refractivity contribution is 0.0940. The maximum atomic E-state index is 14.2. The molecule has 9 heteroatoms. The first-order valence-electron chi connectivity index (χ1n) is 9.35. The lowest BCUT2D eigenvalue weighted by Gasteiger charge is -2.13. The van der Waals surface area contributed by atoms with Gasteiger partial charge in [-0.25, -0.2) is 14.4 Å². The van der Waals surface area contributed by atoms with Crippen LogP contribution in [0.3, 0.4) is 0 Å². The quantitative estimate of drug-likeness (QED) is 0.477. The van der Waals surface area contributed by atoms with Crippen molar-refractivity contribution in [3.05, 3.63) is 65.0 Å². The van der Waals surface area contributed by atoms with E-state index in [1.165, 1.54) is 23.5 Å². The van der Waals surface area contributed by atoms with Gasteiger partial charge in [-0.3, -0.25) is 4.79 Å². The van der Waals surface area contributed by atoms with E-state index in [-0.39, 0.29) is 17.6 Å². The molecule has 0 bridgehead atoms. The molecular weight excluding hydrogens is 391 g/mol. The third-order valence-corrected chi connectivity index (χ3v) is 5.44. The molecule has 1 aromatic carbocycles. The van der Waals surface area contributed by atoms with Crippen LogP contribution in [0.15, 0.2) is 48.8 Å². The number of anilines is 3. The fourth-order valence-corrected chi connectivity index (χ4v) is 3.78. The summed E-state index contributed by atoms with van der Waals surface area (Å²) in [6.45, 7) is 2.06. The van der Waals surface area contributed by atoms with Crippen molar-refractivity contribution in [1.82, 2.24) is 20.6 Å². The monoisotopic (exact) mass is 412 g/mol. The standard InChI is InChI=1S/C20H21FN6OS/c21-16-5-4-13(19(28)26-14-6-8-22-10-14)9-17(16)24-11-15-12-25-20(29-15)27-18-3-1-2-7-23-18/h1-5,7,9,12,14,22,24H,6,8,10-11H2,(H,26,28)(H,23,25,27)/t14-/m0/s1. The molecule has 150 valence electrons. The summed E-state index contributed by atoms with van der Waals surface area (Å²) in [4.78, 5) is 21.8. The van der Waals surface area contributed by atoms with E-state index >= 15 is 0 Å². The number of halogens is 1. The SMILES string of the molecule is O=C(N[C@H]1CCNC1)c1ccc(F)c(NCc2cnc(Nc3ccccn3)s2)c1. The molecule has 1 aliphatic rings. The zero-order valence-corrected chi connectivity index (χ0v) is 16.4. The van der Waals surface area contributed by atoms with Crippen LogP contribution < -0.4 is 21.3 Å². The summed E-state index contributed by atoms with van der Waals surface area (Å²) >= 11 is 1.45. The number of amides is 1. The van der Waals surface area contributed by atoms with Crippen LogP contribution >= 0.6 is 11.3 Å². The maximum Gasteiger partial charge on any atom is 0.251 e. The number of pyridine rings is 1. The Morgan fingerprint density at radius 1 is 1.28 bits per heavy atom. The van der Waals surface area contributed by atoms with Crippen molar-refractivity contribution >= 4 is 33.9 Å². The Morgan fingerprint density at radius 2 is 2.21 bits per heavy atom. The molecule has 1 atom stereocenters. The van der Waals surface area contributed by atoms with E-state index in [0.717, 1.165) is 24.4 Å². The van der Waals surface area contributed by atoms with Gasteiger partial charge in [0.1, 0.15) is 11.6 Å². The molecule has 0 aliphatic carbocycles. The van der Waals surface area contributed by atoms with E-state index in [9.17, 15) is 9.18 Å². The molecule has 1 fully saturated rings. The van der Waals surface area contributed by atoms with Crippen LogP contribution in [0.4, 0.5) is 21.0 Å². The zero-order valence-electron chi connectivity index (χ0n) is 15.6. The summed E-state index contributed by atoms with van der Waals surface area (Å²) in [6.07, 6.45) is 4.33. The minimum Gasteiger partial charge on any atom is -0.378 e. The van der Waals surface area contributed by atoms with E-state index in [0.29, 0.717) is 23.1 Å². The Morgan fingerprint density at radius 3 is 3.00 bits per heavy atom. The number of aromatic nitrogens is 2. The number of benzene rings is 1. The second-order valence-corrected chi connectivity index (χ2v) is 7.80. The van der Waals surface area contributed by atoms with E-state index < -0.39 is 5.82 Å². The van der Waals surface area contributed by atoms with Crippen molar-refractivity contribution in [2.45, 2.75) is 19.0 Å². The van der Waals surface area contributed by atoms with Crippen LogP contribution in [-0.2, 0) is 6.54 Å². The van der Waals surface area contributed by atoms with Gasteiger partial charge in [-0.05, 0) is 43.3 Å². The van der Waals surface area contributed by atoms with E-state index in [4.69, 9.17) is 0 Å². The molecule has 1 saturated heterocycles. The topological polar surface area (TPSA) is 91.0 Å². The molecule has 4 rings (SSSR count). The van der Waals surface area contributed by atoms with Gasteiger partial charge in [0.25, 0.3) is 5.91 Å². The third kappa shape index (κ3) is 5.07. The normalized spacial score (nSPS) is 15.8. The fraction of sp³-hybridized carbons (Fsp3) is 0.250. The Hall–Kier alpha value is -3.04. The van der Waals surface area contributed by atoms with Crippen LogP contribution in [0.1, 0.15) is 21.7 Å². The summed E-state index contributed by atoms with van der Waals surface area (Å²) < 4.78 is 14.2. The fourth-order valence-electron chi connectivity index (χ4n) is 3.02. The predicted octanol–water partition coefficient (Wildman–Crippen LogP) is 3.12. The number of carbonyl (C=O) groups is 1. The Labute approximate surface area is 171 Å². The molecule has 2 aromatic heterocycles. The van der Waals surface area contributed by atoms with Crippen molar-refractivity contribution in [3.63, 3.8) is 0 Å². The van der Waals surface area contributed by atoms with Gasteiger partial charge in [-0.1, -0.05) is 17.4 Å². The number of hydrogen-bond donors (Lipinski definition) is 4. The Bertz CT molecular complexity index is 974. The lowest BCUT2D eigenvalue weighted by atomic mass is 10.1. The summed E-state index contributed by atoms with van der Waals surface area (Å²) in [6, 6.07) is 10.1. The molecule has 0 saturated carbocycles. The first-order chi connectivity index (χ1) is 14.2. The highest BCUT2D eigenvalue weighted by atomic mass is 32.1. The molecule has 29 heavy (non-hydrogen) atoms. The smallest absolute Gasteiger partial charge is 0.251 e. The van der Waals surface area contributed by atoms with Crippen molar-refractivity contribution in [2.75, 3.05) is 23.7 Å². The van der Waals surface area contributed by atoms with Gasteiger partial charge >= 0.3 is 0 Å². The average Bonchev–Trinajstić information content (AvgIpc) is 3.40. The molecule has 4 N–H and O–H groups in total. The summed E-state index contributed by atoms with van der Waals surface area (Å²) in [5.41, 5.74) is 0.720. The molecule has 0 spiro atoms. The van der Waals surface area contributed by atoms with Crippen molar-refractivity contribution in [2.24, 2.45) is 0 Å². The minimum atomic E-state index is -0.402. The van der Waals surface area contributed by atoms with E-state index in [2.05, 4.69) is 31.2 Å². The first kappa shape index (κ1) is 19.3. The number of hydrogen-bond acceptors (Lipinski definition) is 7. The largest absolute Gasteiger partial charge is 0.378 e. The minimum absolute atomic E-state index is 0.117. The number of nitrogens with zero attached hydrogens (tertiary/aromatic N) is 2. The highest BCUT2D eigenvalue weighted by Crippen LogP contribution is 2.23. The van der Waals surface area contributed by atoms with Gasteiger partial charge in [-0.15, -0.1) is 0 Å². The second-order valence-electron chi connectivity index (χ2n) is 6.68. The molecule has 3 aromatic rings. The molecule has 3 heterocycles. The number of rotatable bonds is 7. The first-order valence-corrected chi connectivity index (χ1v) is 10.2. The second kappa shape index (κ2) is 8.97. The molecule has 7 nitrogen and oxygen atoms in total. The molecule has 1 amide bonds. The lowest BCUT2D eigenvalue weighted by Crippen LogP contribution is -2.36. The van der Waals surface area contributed by atoms with Gasteiger partial charge in [-0.2, -0.15) is 0 Å². The van der Waals surface area contributed by atoms with Crippen LogP contribution in [0.5, 0.6) is 0 Å². The van der Waals surface area contributed by atoms with E-state index in [1.54, 1.807) is 18.5 Å². The third-order valence-electron chi connectivity index (χ3n) is 4.53. The van der Waals surface area contributed by atoms with Crippen molar-refractivity contribution < 1.29 is 9.18 Å². The summed E-state index contributed by atoms with van der Waals surface area (Å²) in [5, 5.41) is 13.1. The van der Waals surface area contributed by atoms with Crippen molar-refractivity contribution in [1.29, 1.82) is 0 Å². The van der Waals surface area contributed by atoms with Gasteiger partial charge in [0.15, 0.2) is 5.13 Å². The molecule has 1 aliphatic heterocycles. The number of thiazole rings is 1. The Balaban J connectivity index is 1.37. The van der Waals surface area contributed by atoms with E-state index in [1.807, 2.05) is 18.2 Å². The summed E-state index contributed by atoms with van der Waals surface area (Å²) in [7, 11) is 0. The van der Waals surface area contributed by atoms with Crippen LogP contribution in [0.25, 0.3) is 0 Å². The molecule has 0 radical (unpaired) electrons. The molecular formula is C20H21FN6OS. The van der Waals surface area contributed by atoms with Gasteiger partial charge in [0, 0.05) is 35.4 Å². The van der Waals surface area contributed by atoms with Crippen LogP contribution in [0.2, 0.25) is 0 Å². The van der Waals surface area contributed by atoms with Crippen LogP contribution in [0, 0.1) is 5.82 Å². The zero-order chi connectivity index (χ0) is 20.1. The number of carbonyl (C=O) groups excluding carboxylic acids is 1. The molecule has 0 unspecified atom stereocenters. The van der Waals surface area contributed by atoms with Gasteiger partial charge in [0.2, 0.25) is 0 Å². The maximum absolute atomic E-state index is 14.2. The Kier molecular flexibility index (Phi) is 5.97. The number of nitrogens with one attached hydrogen (secondary N) is 4. The van der Waals surface area contributed by atoms with Crippen molar-refractivity contribution in [3.8, 4) is 0 Å².